The zero-order valence-corrected chi connectivity index (χ0v) is 17.2. The van der Waals surface area contributed by atoms with Crippen LogP contribution in [0.2, 0.25) is 0 Å². The molecule has 29 heavy (non-hydrogen) atoms. The van der Waals surface area contributed by atoms with Crippen molar-refractivity contribution in [3.8, 4) is 11.5 Å². The maximum absolute atomic E-state index is 12.5. The highest BCUT2D eigenvalue weighted by molar-refractivity contribution is 8.04. The van der Waals surface area contributed by atoms with Gasteiger partial charge in [-0.05, 0) is 43.3 Å². The van der Waals surface area contributed by atoms with Crippen molar-refractivity contribution in [1.29, 1.82) is 0 Å². The number of amides is 2. The van der Waals surface area contributed by atoms with E-state index in [9.17, 15) is 9.59 Å². The lowest BCUT2D eigenvalue weighted by Crippen LogP contribution is -2.18. The predicted molar refractivity (Wildman–Crippen MR) is 114 cm³/mol. The zero-order valence-electron chi connectivity index (χ0n) is 16.4. The SMILES string of the molecule is COc1ccc(NC(=O)c2ccc(NC(=O)C3=C(C)OCCS3)cc2)cc1OC. The molecular formula is C21H22N2O5S. The van der Waals surface area contributed by atoms with E-state index in [0.717, 1.165) is 5.75 Å². The Morgan fingerprint density at radius 2 is 1.59 bits per heavy atom. The highest BCUT2D eigenvalue weighted by atomic mass is 32.2. The molecule has 0 aromatic heterocycles. The van der Waals surface area contributed by atoms with Crippen molar-refractivity contribution < 1.29 is 23.8 Å². The summed E-state index contributed by atoms with van der Waals surface area (Å²) in [5.41, 5.74) is 1.65. The molecule has 1 aliphatic rings. The maximum Gasteiger partial charge on any atom is 0.265 e. The van der Waals surface area contributed by atoms with Crippen molar-refractivity contribution in [2.45, 2.75) is 6.92 Å². The van der Waals surface area contributed by atoms with Crippen molar-refractivity contribution in [3.05, 3.63) is 58.7 Å². The summed E-state index contributed by atoms with van der Waals surface area (Å²) in [7, 11) is 3.08. The Hall–Kier alpha value is -3.13. The fourth-order valence-corrected chi connectivity index (χ4v) is 3.56. The summed E-state index contributed by atoms with van der Waals surface area (Å²) >= 11 is 1.47. The first-order valence-electron chi connectivity index (χ1n) is 8.93. The Labute approximate surface area is 173 Å². The minimum absolute atomic E-state index is 0.213. The minimum Gasteiger partial charge on any atom is -0.496 e. The van der Waals surface area contributed by atoms with Gasteiger partial charge in [0.2, 0.25) is 0 Å². The molecule has 0 saturated heterocycles. The Balaban J connectivity index is 1.65. The van der Waals surface area contributed by atoms with Crippen LogP contribution in [0.15, 0.2) is 53.1 Å². The van der Waals surface area contributed by atoms with Crippen molar-refractivity contribution in [3.63, 3.8) is 0 Å². The van der Waals surface area contributed by atoms with Crippen LogP contribution in [0.1, 0.15) is 17.3 Å². The molecule has 1 aliphatic heterocycles. The van der Waals surface area contributed by atoms with Crippen LogP contribution in [0, 0.1) is 0 Å². The molecule has 3 rings (SSSR count). The van der Waals surface area contributed by atoms with E-state index in [4.69, 9.17) is 14.2 Å². The Kier molecular flexibility index (Phi) is 6.66. The van der Waals surface area contributed by atoms with E-state index in [1.54, 1.807) is 56.5 Å². The summed E-state index contributed by atoms with van der Waals surface area (Å²) in [5, 5.41) is 5.64. The maximum atomic E-state index is 12.5. The number of allylic oxidation sites excluding steroid dienone is 1. The molecule has 7 nitrogen and oxygen atoms in total. The van der Waals surface area contributed by atoms with E-state index in [-0.39, 0.29) is 11.8 Å². The van der Waals surface area contributed by atoms with Gasteiger partial charge in [-0.3, -0.25) is 9.59 Å². The second-order valence-corrected chi connectivity index (χ2v) is 7.24. The molecule has 0 aliphatic carbocycles. The molecule has 2 aromatic carbocycles. The second kappa shape index (κ2) is 9.38. The van der Waals surface area contributed by atoms with Crippen LogP contribution < -0.4 is 20.1 Å². The first-order valence-corrected chi connectivity index (χ1v) is 9.91. The molecule has 152 valence electrons. The van der Waals surface area contributed by atoms with E-state index >= 15 is 0 Å². The molecule has 2 amide bonds. The van der Waals surface area contributed by atoms with Gasteiger partial charge in [-0.2, -0.15) is 0 Å². The Morgan fingerprint density at radius 1 is 0.931 bits per heavy atom. The van der Waals surface area contributed by atoms with Crippen LogP contribution in [0.5, 0.6) is 11.5 Å². The van der Waals surface area contributed by atoms with Crippen LogP contribution in [-0.4, -0.2) is 38.4 Å². The van der Waals surface area contributed by atoms with Gasteiger partial charge in [-0.1, -0.05) is 0 Å². The summed E-state index contributed by atoms with van der Waals surface area (Å²) < 4.78 is 15.9. The smallest absolute Gasteiger partial charge is 0.265 e. The van der Waals surface area contributed by atoms with E-state index in [1.807, 2.05) is 0 Å². The standard InChI is InChI=1S/C21H22N2O5S/c1-13-19(29-11-10-28-13)21(25)22-15-6-4-14(5-7-15)20(24)23-16-8-9-17(26-2)18(12-16)27-3/h4-9,12H,10-11H2,1-3H3,(H,22,25)(H,23,24). The number of rotatable bonds is 6. The number of carbonyl (C=O) groups excluding carboxylic acids is 2. The van der Waals surface area contributed by atoms with Crippen molar-refractivity contribution in [2.75, 3.05) is 37.2 Å². The van der Waals surface area contributed by atoms with Gasteiger partial charge in [0.25, 0.3) is 11.8 Å². The lowest BCUT2D eigenvalue weighted by molar-refractivity contribution is -0.112. The van der Waals surface area contributed by atoms with Gasteiger partial charge in [0.05, 0.1) is 20.8 Å². The third-order valence-electron chi connectivity index (χ3n) is 4.22. The lowest BCUT2D eigenvalue weighted by atomic mass is 10.2. The topological polar surface area (TPSA) is 85.9 Å². The number of benzene rings is 2. The molecule has 8 heteroatoms. The van der Waals surface area contributed by atoms with Gasteiger partial charge in [-0.15, -0.1) is 11.8 Å². The second-order valence-electron chi connectivity index (χ2n) is 6.14. The molecule has 0 spiro atoms. The summed E-state index contributed by atoms with van der Waals surface area (Å²) in [6, 6.07) is 11.8. The largest absolute Gasteiger partial charge is 0.496 e. The van der Waals surface area contributed by atoms with Crippen LogP contribution in [-0.2, 0) is 9.53 Å². The number of methoxy groups -OCH3 is 2. The molecule has 0 unspecified atom stereocenters. The van der Waals surface area contributed by atoms with E-state index < -0.39 is 0 Å². The van der Waals surface area contributed by atoms with Crippen molar-refractivity contribution in [1.82, 2.24) is 0 Å². The molecule has 0 radical (unpaired) electrons. The molecule has 0 bridgehead atoms. The fourth-order valence-electron chi connectivity index (χ4n) is 2.74. The van der Waals surface area contributed by atoms with E-state index in [1.165, 1.54) is 18.9 Å². The minimum atomic E-state index is -0.273. The summed E-state index contributed by atoms with van der Waals surface area (Å²) in [6.45, 7) is 2.39. The number of thioether (sulfide) groups is 1. The number of hydrogen-bond acceptors (Lipinski definition) is 6. The Morgan fingerprint density at radius 3 is 2.24 bits per heavy atom. The molecule has 0 saturated carbocycles. The molecule has 0 atom stereocenters. The summed E-state index contributed by atoms with van der Waals surface area (Å²) in [4.78, 5) is 25.4. The number of anilines is 2. The molecule has 1 heterocycles. The third kappa shape index (κ3) is 5.03. The summed E-state index contributed by atoms with van der Waals surface area (Å²) in [6.07, 6.45) is 0. The van der Waals surface area contributed by atoms with Crippen LogP contribution >= 0.6 is 11.8 Å². The highest BCUT2D eigenvalue weighted by Crippen LogP contribution is 2.30. The zero-order chi connectivity index (χ0) is 20.8. The quantitative estimate of drug-likeness (QED) is 0.746. The summed E-state index contributed by atoms with van der Waals surface area (Å²) in [5.74, 6) is 1.99. The van der Waals surface area contributed by atoms with Gasteiger partial charge in [-0.25, -0.2) is 0 Å². The molecule has 2 aromatic rings. The van der Waals surface area contributed by atoms with E-state index in [0.29, 0.717) is 45.7 Å². The van der Waals surface area contributed by atoms with Gasteiger partial charge < -0.3 is 24.8 Å². The third-order valence-corrected chi connectivity index (χ3v) is 5.35. The molecule has 2 N–H and O–H groups in total. The van der Waals surface area contributed by atoms with Gasteiger partial charge in [0.1, 0.15) is 10.7 Å². The first kappa shape index (κ1) is 20.6. The number of hydrogen-bond donors (Lipinski definition) is 2. The van der Waals surface area contributed by atoms with Gasteiger partial charge in [0.15, 0.2) is 11.5 Å². The van der Waals surface area contributed by atoms with E-state index in [2.05, 4.69) is 10.6 Å². The number of ether oxygens (including phenoxy) is 3. The van der Waals surface area contributed by atoms with Crippen LogP contribution in [0.4, 0.5) is 11.4 Å². The van der Waals surface area contributed by atoms with Crippen LogP contribution in [0.25, 0.3) is 0 Å². The van der Waals surface area contributed by atoms with Gasteiger partial charge >= 0.3 is 0 Å². The lowest BCUT2D eigenvalue weighted by Gasteiger charge is -2.17. The highest BCUT2D eigenvalue weighted by Gasteiger charge is 2.19. The van der Waals surface area contributed by atoms with Crippen LogP contribution in [0.3, 0.4) is 0 Å². The predicted octanol–water partition coefficient (Wildman–Crippen LogP) is 3.89. The van der Waals surface area contributed by atoms with Crippen molar-refractivity contribution >= 4 is 35.0 Å². The average molecular weight is 414 g/mol. The monoisotopic (exact) mass is 414 g/mol. The number of carbonyl (C=O) groups is 2. The number of nitrogens with one attached hydrogen (secondary N) is 2. The fraction of sp³-hybridized carbons (Fsp3) is 0.238. The first-order chi connectivity index (χ1) is 14.0. The Bertz CT molecular complexity index is 941. The molecular weight excluding hydrogens is 392 g/mol. The normalized spacial score (nSPS) is 13.3. The van der Waals surface area contributed by atoms with Crippen molar-refractivity contribution in [2.24, 2.45) is 0 Å². The average Bonchev–Trinajstić information content (AvgIpc) is 2.74. The van der Waals surface area contributed by atoms with Gasteiger partial charge in [0, 0.05) is 28.8 Å². The molecule has 0 fully saturated rings.